The smallest absolute Gasteiger partial charge is 0.159 e. The normalized spacial score (nSPS) is 15.9. The Morgan fingerprint density at radius 2 is 0.930 bits per heavy atom. The largest absolute Gasteiger partial charge is 0.454 e. The van der Waals surface area contributed by atoms with E-state index in [9.17, 15) is 0 Å². The fourth-order valence-corrected chi connectivity index (χ4v) is 13.0. The van der Waals surface area contributed by atoms with E-state index in [-0.39, 0.29) is 0 Å². The zero-order valence-corrected chi connectivity index (χ0v) is 40.8. The van der Waals surface area contributed by atoms with Crippen LogP contribution < -0.4 is 9.80 Å². The number of para-hydroxylation sites is 4. The van der Waals surface area contributed by atoms with Gasteiger partial charge in [0.15, 0.2) is 11.2 Å². The van der Waals surface area contributed by atoms with Gasteiger partial charge in [-0.25, -0.2) is 0 Å². The van der Waals surface area contributed by atoms with Crippen molar-refractivity contribution in [3.63, 3.8) is 0 Å². The average Bonchev–Trinajstić information content (AvgIpc) is 4.26. The number of rotatable bonds is 10. The number of hydrogen-bond acceptors (Lipinski definition) is 4. The van der Waals surface area contributed by atoms with Crippen molar-refractivity contribution >= 4 is 105 Å². The molecular weight excluding hydrogens is 865 g/mol. The van der Waals surface area contributed by atoms with Gasteiger partial charge in [0.2, 0.25) is 0 Å². The van der Waals surface area contributed by atoms with Crippen molar-refractivity contribution < 1.29 is 8.83 Å². The zero-order valence-electron chi connectivity index (χ0n) is 40.8. The van der Waals surface area contributed by atoms with E-state index in [0.29, 0.717) is 11.8 Å². The molecule has 0 radical (unpaired) electrons. The minimum atomic E-state index is 0.541. The maximum atomic E-state index is 7.22. The molecule has 71 heavy (non-hydrogen) atoms. The summed E-state index contributed by atoms with van der Waals surface area (Å²) in [6.07, 6.45) is 22.3. The van der Waals surface area contributed by atoms with Crippen LogP contribution in [-0.2, 0) is 6.42 Å². The number of anilines is 5. The van der Waals surface area contributed by atoms with Gasteiger partial charge in [0.25, 0.3) is 0 Å². The lowest BCUT2D eigenvalue weighted by molar-refractivity contribution is 0.643. The summed E-state index contributed by atoms with van der Waals surface area (Å²) in [7, 11) is 0. The number of nitrogens with zero attached hydrogens (tertiary/aromatic N) is 2. The van der Waals surface area contributed by atoms with Crippen LogP contribution >= 0.6 is 0 Å². The summed E-state index contributed by atoms with van der Waals surface area (Å²) < 4.78 is 14.4. The first-order valence-corrected chi connectivity index (χ1v) is 26.5. The Labute approximate surface area is 415 Å². The highest BCUT2D eigenvalue weighted by atomic mass is 16.3. The summed E-state index contributed by atoms with van der Waals surface area (Å²) in [5.74, 6) is 1.08. The van der Waals surface area contributed by atoms with Crippen molar-refractivity contribution in [2.45, 2.75) is 96.3 Å². The predicted molar refractivity (Wildman–Crippen MR) is 300 cm³/mol. The SMILES string of the molecule is CCC1=CC=C(N(c2ccc3ccc4c(N(c5ccc(CC)cc5)c5cccc6c5oc5c(C7CCCC7)cccc56)ccc5ccc2c3c54)c2cccc3c2oc2c(C4CCCC4)cccc23)C=CC1. The van der Waals surface area contributed by atoms with Crippen LogP contribution in [0.5, 0.6) is 0 Å². The van der Waals surface area contributed by atoms with E-state index in [1.807, 2.05) is 0 Å². The van der Waals surface area contributed by atoms with Gasteiger partial charge in [0.1, 0.15) is 11.2 Å². The molecule has 4 nitrogen and oxygen atoms in total. The molecule has 11 aromatic rings. The molecule has 0 unspecified atom stereocenters. The summed E-state index contributed by atoms with van der Waals surface area (Å²) in [6.45, 7) is 4.49. The molecule has 0 bridgehead atoms. The van der Waals surface area contributed by atoms with Crippen molar-refractivity contribution in [1.29, 1.82) is 0 Å². The second kappa shape index (κ2) is 17.1. The summed E-state index contributed by atoms with van der Waals surface area (Å²) in [6, 6.07) is 54.9. The molecule has 0 saturated heterocycles. The topological polar surface area (TPSA) is 32.8 Å². The summed E-state index contributed by atoms with van der Waals surface area (Å²) >= 11 is 0. The molecule has 2 saturated carbocycles. The lowest BCUT2D eigenvalue weighted by Gasteiger charge is -2.29. The molecule has 9 aromatic carbocycles. The van der Waals surface area contributed by atoms with Gasteiger partial charge in [0, 0.05) is 43.7 Å². The van der Waals surface area contributed by atoms with E-state index >= 15 is 0 Å². The molecule has 4 heteroatoms. The van der Waals surface area contributed by atoms with E-state index < -0.39 is 0 Å². The number of hydrogen-bond donors (Lipinski definition) is 0. The quantitative estimate of drug-likeness (QED) is 0.128. The van der Waals surface area contributed by atoms with Crippen molar-refractivity contribution in [3.8, 4) is 0 Å². The molecule has 348 valence electrons. The van der Waals surface area contributed by atoms with Crippen molar-refractivity contribution in [2.24, 2.45) is 0 Å². The summed E-state index contributed by atoms with van der Waals surface area (Å²) in [5, 5.41) is 12.1. The molecule has 2 heterocycles. The second-order valence-corrected chi connectivity index (χ2v) is 20.6. The lowest BCUT2D eigenvalue weighted by atomic mass is 9.91. The van der Waals surface area contributed by atoms with Crippen LogP contribution in [0.4, 0.5) is 28.4 Å². The fraction of sp³-hybridized carbons (Fsp3) is 0.224. The van der Waals surface area contributed by atoms with Crippen LogP contribution in [-0.4, -0.2) is 0 Å². The van der Waals surface area contributed by atoms with Crippen LogP contribution in [0, 0.1) is 0 Å². The molecule has 0 spiro atoms. The molecule has 2 fully saturated rings. The highest BCUT2D eigenvalue weighted by Crippen LogP contribution is 2.51. The van der Waals surface area contributed by atoms with Gasteiger partial charge >= 0.3 is 0 Å². The Kier molecular flexibility index (Phi) is 10.2. The number of fused-ring (bicyclic) bond motifs is 6. The second-order valence-electron chi connectivity index (χ2n) is 20.6. The van der Waals surface area contributed by atoms with Gasteiger partial charge in [0.05, 0.1) is 22.7 Å². The van der Waals surface area contributed by atoms with Crippen LogP contribution in [0.25, 0.3) is 76.2 Å². The molecule has 0 aliphatic heterocycles. The van der Waals surface area contributed by atoms with Crippen LogP contribution in [0.1, 0.15) is 107 Å². The molecule has 14 rings (SSSR count). The van der Waals surface area contributed by atoms with E-state index in [2.05, 4.69) is 194 Å². The van der Waals surface area contributed by atoms with Crippen LogP contribution in [0.2, 0.25) is 0 Å². The summed E-state index contributed by atoms with van der Waals surface area (Å²) in [5.41, 5.74) is 16.0. The third-order valence-corrected chi connectivity index (χ3v) is 16.7. The Balaban J connectivity index is 1.00. The third-order valence-electron chi connectivity index (χ3n) is 16.7. The van der Waals surface area contributed by atoms with Crippen molar-refractivity contribution in [1.82, 2.24) is 0 Å². The van der Waals surface area contributed by atoms with Gasteiger partial charge in [-0.3, -0.25) is 0 Å². The molecule has 3 aliphatic rings. The average molecular weight is 923 g/mol. The minimum absolute atomic E-state index is 0.541. The first-order valence-electron chi connectivity index (χ1n) is 26.5. The maximum absolute atomic E-state index is 7.22. The Morgan fingerprint density at radius 1 is 0.437 bits per heavy atom. The molecule has 3 aliphatic carbocycles. The van der Waals surface area contributed by atoms with E-state index in [0.717, 1.165) is 86.5 Å². The van der Waals surface area contributed by atoms with Gasteiger partial charge in [-0.1, -0.05) is 166 Å². The van der Waals surface area contributed by atoms with E-state index in [1.54, 1.807) is 0 Å². The van der Waals surface area contributed by atoms with Gasteiger partial charge in [-0.15, -0.1) is 0 Å². The number of allylic oxidation sites excluding steroid dienone is 5. The monoisotopic (exact) mass is 922 g/mol. The Hall–Kier alpha value is -7.56. The molecule has 2 aromatic heterocycles. The molecule has 0 amide bonds. The Bertz CT molecular complexity index is 3960. The molecule has 0 N–H and O–H groups in total. The zero-order chi connectivity index (χ0) is 47.2. The van der Waals surface area contributed by atoms with Crippen LogP contribution in [0.15, 0.2) is 190 Å². The molecule has 0 atom stereocenters. The fourth-order valence-electron chi connectivity index (χ4n) is 13.0. The Morgan fingerprint density at radius 3 is 1.46 bits per heavy atom. The standard InChI is InChI=1S/C67H58N2O2/c1-3-42-14-9-19-48(35-28-42)68(60-26-12-24-54-52-22-10-20-50(44-15-5-6-16-44)64(52)70-66(54)60)58-40-33-46-32-39-57-59(41-34-47-31-38-56(58)62(46)63(47)57)69(49-36-29-43(4-2)30-37-49)61-27-13-25-55-53-23-11-21-51(45-17-7-8-18-45)65(53)71-67(55)61/h9-13,19-41,44-45H,3-8,14-18H2,1-2H3. The predicted octanol–water partition coefficient (Wildman–Crippen LogP) is 20.0. The maximum Gasteiger partial charge on any atom is 0.159 e. The highest BCUT2D eigenvalue weighted by Gasteiger charge is 2.29. The number of aryl methyl sites for hydroxylation is 1. The van der Waals surface area contributed by atoms with Gasteiger partial charge < -0.3 is 18.6 Å². The molecular formula is C67H58N2O2. The first kappa shape index (κ1) is 42.3. The van der Waals surface area contributed by atoms with Gasteiger partial charge in [-0.05, 0) is 144 Å². The summed E-state index contributed by atoms with van der Waals surface area (Å²) in [4.78, 5) is 4.93. The minimum Gasteiger partial charge on any atom is -0.454 e. The lowest BCUT2D eigenvalue weighted by Crippen LogP contribution is -2.16. The third kappa shape index (κ3) is 6.78. The highest BCUT2D eigenvalue weighted by molar-refractivity contribution is 6.28. The van der Waals surface area contributed by atoms with Gasteiger partial charge in [-0.2, -0.15) is 0 Å². The number of benzene rings is 9. The number of furan rings is 2. The van der Waals surface area contributed by atoms with Crippen molar-refractivity contribution in [3.05, 3.63) is 198 Å². The first-order chi connectivity index (χ1) is 35.1. The van der Waals surface area contributed by atoms with E-state index in [1.165, 1.54) is 117 Å². The van der Waals surface area contributed by atoms with E-state index in [4.69, 9.17) is 8.83 Å². The van der Waals surface area contributed by atoms with Crippen molar-refractivity contribution in [2.75, 3.05) is 9.80 Å². The van der Waals surface area contributed by atoms with Crippen LogP contribution in [0.3, 0.4) is 0 Å².